The van der Waals surface area contributed by atoms with E-state index in [1.54, 1.807) is 14.2 Å². The summed E-state index contributed by atoms with van der Waals surface area (Å²) < 4.78 is 15.0. The monoisotopic (exact) mass is 298 g/mol. The van der Waals surface area contributed by atoms with Crippen LogP contribution in [-0.4, -0.2) is 42.0 Å². The van der Waals surface area contributed by atoms with E-state index in [9.17, 15) is 9.59 Å². The number of carbonyl (C=O) groups is 2. The van der Waals surface area contributed by atoms with Gasteiger partial charge in [-0.3, -0.25) is 9.59 Å². The SMILES string of the molecule is COC(CCC[SiH2]C1=CCC2C(=O)OC(=O)C2C1)OC. The maximum absolute atomic E-state index is 11.6. The van der Waals surface area contributed by atoms with Crippen LogP contribution in [-0.2, 0) is 23.8 Å². The van der Waals surface area contributed by atoms with Gasteiger partial charge in [-0.15, -0.1) is 0 Å². The first kappa shape index (κ1) is 15.4. The number of methoxy groups -OCH3 is 2. The first-order valence-corrected chi connectivity index (χ1v) is 8.85. The fraction of sp³-hybridized carbons (Fsp3) is 0.714. The Hall–Kier alpha value is -0.983. The second kappa shape index (κ2) is 7.15. The van der Waals surface area contributed by atoms with E-state index < -0.39 is 0 Å². The largest absolute Gasteiger partial charge is 0.393 e. The van der Waals surface area contributed by atoms with Gasteiger partial charge in [-0.25, -0.2) is 0 Å². The molecule has 20 heavy (non-hydrogen) atoms. The Labute approximate surface area is 121 Å². The molecule has 0 bridgehead atoms. The molecule has 2 aliphatic rings. The normalized spacial score (nSPS) is 26.2. The number of hydrogen-bond acceptors (Lipinski definition) is 5. The van der Waals surface area contributed by atoms with Crippen molar-refractivity contribution in [3.63, 3.8) is 0 Å². The molecule has 1 aliphatic carbocycles. The topological polar surface area (TPSA) is 61.8 Å². The number of allylic oxidation sites excluding steroid dienone is 2. The summed E-state index contributed by atoms with van der Waals surface area (Å²) in [5, 5.41) is 1.41. The molecule has 0 spiro atoms. The molecule has 0 N–H and O–H groups in total. The zero-order chi connectivity index (χ0) is 14.5. The zero-order valence-corrected chi connectivity index (χ0v) is 13.5. The van der Waals surface area contributed by atoms with E-state index in [0.717, 1.165) is 19.3 Å². The molecule has 1 fully saturated rings. The molecule has 0 saturated carbocycles. The third kappa shape index (κ3) is 3.56. The predicted octanol–water partition coefficient (Wildman–Crippen LogP) is 0.966. The molecule has 6 heteroatoms. The Morgan fingerprint density at radius 3 is 2.70 bits per heavy atom. The first-order valence-electron chi connectivity index (χ1n) is 7.14. The van der Waals surface area contributed by atoms with Crippen LogP contribution in [0.3, 0.4) is 0 Å². The highest BCUT2D eigenvalue weighted by atomic mass is 28.2. The van der Waals surface area contributed by atoms with E-state index in [1.807, 2.05) is 0 Å². The van der Waals surface area contributed by atoms with Crippen molar-refractivity contribution in [2.75, 3.05) is 14.2 Å². The minimum Gasteiger partial charge on any atom is -0.393 e. The molecular weight excluding hydrogens is 276 g/mol. The summed E-state index contributed by atoms with van der Waals surface area (Å²) >= 11 is 0. The average Bonchev–Trinajstić information content (AvgIpc) is 2.74. The number of hydrogen-bond donors (Lipinski definition) is 0. The van der Waals surface area contributed by atoms with Crippen molar-refractivity contribution in [2.24, 2.45) is 11.8 Å². The number of carbonyl (C=O) groups excluding carboxylic acids is 2. The van der Waals surface area contributed by atoms with Crippen LogP contribution in [0, 0.1) is 11.8 Å². The number of ether oxygens (including phenoxy) is 3. The maximum atomic E-state index is 11.6. The number of rotatable bonds is 7. The van der Waals surface area contributed by atoms with Crippen molar-refractivity contribution in [3.8, 4) is 0 Å². The molecule has 0 aromatic heterocycles. The molecule has 1 aliphatic heterocycles. The zero-order valence-electron chi connectivity index (χ0n) is 12.1. The lowest BCUT2D eigenvalue weighted by atomic mass is 9.85. The van der Waals surface area contributed by atoms with Gasteiger partial charge in [-0.2, -0.15) is 0 Å². The first-order chi connectivity index (χ1) is 9.65. The predicted molar refractivity (Wildman–Crippen MR) is 75.8 cm³/mol. The maximum Gasteiger partial charge on any atom is 0.317 e. The minimum absolute atomic E-state index is 0.115. The van der Waals surface area contributed by atoms with Crippen LogP contribution in [0.2, 0.25) is 6.04 Å². The van der Waals surface area contributed by atoms with Gasteiger partial charge in [0.25, 0.3) is 0 Å². The molecule has 112 valence electrons. The standard InChI is InChI=1S/C14H22O5Si/c1-17-12(18-2)4-3-7-20-9-5-6-10-11(8-9)14(16)19-13(10)15/h5,10-12H,3-4,6-8,20H2,1-2H3. The van der Waals surface area contributed by atoms with Gasteiger partial charge < -0.3 is 14.2 Å². The Balaban J connectivity index is 1.74. The molecule has 0 amide bonds. The summed E-state index contributed by atoms with van der Waals surface area (Å²) in [7, 11) is 2.96. The van der Waals surface area contributed by atoms with E-state index in [0.29, 0.717) is 6.42 Å². The average molecular weight is 298 g/mol. The van der Waals surface area contributed by atoms with Crippen LogP contribution in [0.25, 0.3) is 0 Å². The molecule has 2 unspecified atom stereocenters. The van der Waals surface area contributed by atoms with Crippen LogP contribution in [0.5, 0.6) is 0 Å². The summed E-state index contributed by atoms with van der Waals surface area (Å²) in [4.78, 5) is 23.0. The fourth-order valence-electron chi connectivity index (χ4n) is 2.92. The van der Waals surface area contributed by atoms with Crippen molar-refractivity contribution in [1.29, 1.82) is 0 Å². The minimum atomic E-state index is -0.337. The van der Waals surface area contributed by atoms with Crippen molar-refractivity contribution in [3.05, 3.63) is 11.3 Å². The second-order valence-electron chi connectivity index (χ2n) is 5.40. The van der Waals surface area contributed by atoms with Crippen molar-refractivity contribution in [1.82, 2.24) is 0 Å². The van der Waals surface area contributed by atoms with Gasteiger partial charge in [0.05, 0.1) is 11.8 Å². The van der Waals surface area contributed by atoms with Crippen molar-refractivity contribution in [2.45, 2.75) is 38.0 Å². The van der Waals surface area contributed by atoms with Gasteiger partial charge in [0.15, 0.2) is 6.29 Å². The van der Waals surface area contributed by atoms with Gasteiger partial charge in [-0.05, 0) is 19.3 Å². The van der Waals surface area contributed by atoms with Gasteiger partial charge in [0.2, 0.25) is 0 Å². The van der Waals surface area contributed by atoms with Gasteiger partial charge in [-0.1, -0.05) is 23.7 Å². The summed E-state index contributed by atoms with van der Waals surface area (Å²) in [6.07, 6.45) is 5.44. The molecule has 5 nitrogen and oxygen atoms in total. The molecule has 2 rings (SSSR count). The lowest BCUT2D eigenvalue weighted by Crippen LogP contribution is -2.23. The second-order valence-corrected chi connectivity index (χ2v) is 7.52. The summed E-state index contributed by atoms with van der Waals surface area (Å²) in [6.45, 7) is 0. The van der Waals surface area contributed by atoms with Crippen molar-refractivity contribution < 1.29 is 23.8 Å². The number of fused-ring (bicyclic) bond motifs is 1. The molecule has 1 saturated heterocycles. The molecular formula is C14H22O5Si. The molecule has 0 radical (unpaired) electrons. The highest BCUT2D eigenvalue weighted by Gasteiger charge is 2.45. The number of esters is 2. The third-order valence-corrected chi connectivity index (χ3v) is 6.22. The van der Waals surface area contributed by atoms with Crippen LogP contribution < -0.4 is 0 Å². The smallest absolute Gasteiger partial charge is 0.317 e. The van der Waals surface area contributed by atoms with E-state index in [2.05, 4.69) is 6.08 Å². The fourth-order valence-corrected chi connectivity index (χ4v) is 4.80. The molecule has 2 atom stereocenters. The number of cyclic esters (lactones) is 2. The Kier molecular flexibility index (Phi) is 5.51. The molecule has 0 aromatic rings. The molecule has 1 heterocycles. The van der Waals surface area contributed by atoms with Gasteiger partial charge in [0.1, 0.15) is 0 Å². The van der Waals surface area contributed by atoms with E-state index in [-0.39, 0.29) is 39.6 Å². The Morgan fingerprint density at radius 2 is 2.00 bits per heavy atom. The van der Waals surface area contributed by atoms with Crippen LogP contribution in [0.1, 0.15) is 25.7 Å². The van der Waals surface area contributed by atoms with Crippen LogP contribution in [0.4, 0.5) is 0 Å². The van der Waals surface area contributed by atoms with Gasteiger partial charge in [0, 0.05) is 23.7 Å². The van der Waals surface area contributed by atoms with E-state index in [4.69, 9.17) is 14.2 Å². The van der Waals surface area contributed by atoms with Crippen molar-refractivity contribution >= 4 is 21.5 Å². The van der Waals surface area contributed by atoms with E-state index >= 15 is 0 Å². The Morgan fingerprint density at radius 1 is 1.30 bits per heavy atom. The molecule has 0 aromatic carbocycles. The highest BCUT2D eigenvalue weighted by molar-refractivity contribution is 6.45. The van der Waals surface area contributed by atoms with Gasteiger partial charge >= 0.3 is 11.9 Å². The quantitative estimate of drug-likeness (QED) is 0.230. The summed E-state index contributed by atoms with van der Waals surface area (Å²) in [5.74, 6) is -1.08. The lowest BCUT2D eigenvalue weighted by Gasteiger charge is -2.20. The Bertz CT molecular complexity index is 402. The summed E-state index contributed by atoms with van der Waals surface area (Å²) in [5.41, 5.74) is 0. The highest BCUT2D eigenvalue weighted by Crippen LogP contribution is 2.36. The van der Waals surface area contributed by atoms with Crippen LogP contribution in [0.15, 0.2) is 11.3 Å². The lowest BCUT2D eigenvalue weighted by molar-refractivity contribution is -0.153. The van der Waals surface area contributed by atoms with E-state index in [1.165, 1.54) is 11.2 Å². The summed E-state index contributed by atoms with van der Waals surface area (Å²) in [6, 6.07) is 1.18. The van der Waals surface area contributed by atoms with Crippen LogP contribution >= 0.6 is 0 Å². The third-order valence-electron chi connectivity index (χ3n) is 4.15.